The molecule has 1 aromatic carbocycles. The SMILES string of the molecule is CC(C)CCC(=O)N1CCN(C(=O)CCc2nc3ccccc3s2)CC1. The summed E-state index contributed by atoms with van der Waals surface area (Å²) in [7, 11) is 0. The molecule has 0 atom stereocenters. The molecule has 2 amide bonds. The first-order valence-corrected chi connectivity index (χ1v) is 10.2. The second-order valence-corrected chi connectivity index (χ2v) is 8.38. The van der Waals surface area contributed by atoms with Crippen molar-refractivity contribution in [2.75, 3.05) is 26.2 Å². The van der Waals surface area contributed by atoms with Gasteiger partial charge in [0, 0.05) is 45.4 Å². The molecule has 0 aliphatic carbocycles. The molecule has 3 rings (SSSR count). The van der Waals surface area contributed by atoms with Crippen LogP contribution in [-0.2, 0) is 16.0 Å². The summed E-state index contributed by atoms with van der Waals surface area (Å²) in [6.45, 7) is 6.87. The molecule has 6 heteroatoms. The highest BCUT2D eigenvalue weighted by Crippen LogP contribution is 2.22. The second-order valence-electron chi connectivity index (χ2n) is 7.27. The molecule has 0 N–H and O–H groups in total. The van der Waals surface area contributed by atoms with Crippen LogP contribution in [0.3, 0.4) is 0 Å². The Labute approximate surface area is 159 Å². The summed E-state index contributed by atoms with van der Waals surface area (Å²) >= 11 is 1.66. The van der Waals surface area contributed by atoms with E-state index in [1.165, 1.54) is 4.70 Å². The lowest BCUT2D eigenvalue weighted by Gasteiger charge is -2.35. The summed E-state index contributed by atoms with van der Waals surface area (Å²) in [4.78, 5) is 33.1. The zero-order valence-electron chi connectivity index (χ0n) is 15.6. The van der Waals surface area contributed by atoms with Crippen LogP contribution >= 0.6 is 11.3 Å². The van der Waals surface area contributed by atoms with Crippen LogP contribution in [0.1, 0.15) is 38.1 Å². The maximum atomic E-state index is 12.5. The van der Waals surface area contributed by atoms with Crippen molar-refractivity contribution in [2.45, 2.75) is 39.5 Å². The molecular formula is C20H27N3O2S. The lowest BCUT2D eigenvalue weighted by atomic mass is 10.1. The number of hydrogen-bond donors (Lipinski definition) is 0. The third-order valence-corrected chi connectivity index (χ3v) is 5.91. The van der Waals surface area contributed by atoms with E-state index >= 15 is 0 Å². The highest BCUT2D eigenvalue weighted by Gasteiger charge is 2.24. The molecule has 0 bridgehead atoms. The predicted octanol–water partition coefficient (Wildman–Crippen LogP) is 3.34. The number of fused-ring (bicyclic) bond motifs is 1. The van der Waals surface area contributed by atoms with Crippen molar-refractivity contribution in [1.29, 1.82) is 0 Å². The number of nitrogens with zero attached hydrogens (tertiary/aromatic N) is 3. The van der Waals surface area contributed by atoms with Crippen molar-refractivity contribution in [1.82, 2.24) is 14.8 Å². The van der Waals surface area contributed by atoms with Crippen LogP contribution in [0.15, 0.2) is 24.3 Å². The largest absolute Gasteiger partial charge is 0.339 e. The number of aromatic nitrogens is 1. The average Bonchev–Trinajstić information content (AvgIpc) is 3.07. The van der Waals surface area contributed by atoms with Crippen LogP contribution in [-0.4, -0.2) is 52.8 Å². The molecule has 0 radical (unpaired) electrons. The number of benzene rings is 1. The Morgan fingerprint density at radius 1 is 1.04 bits per heavy atom. The van der Waals surface area contributed by atoms with Gasteiger partial charge in [0.1, 0.15) is 0 Å². The van der Waals surface area contributed by atoms with Gasteiger partial charge in [-0.05, 0) is 24.5 Å². The second kappa shape index (κ2) is 8.62. The van der Waals surface area contributed by atoms with Crippen LogP contribution in [0.2, 0.25) is 0 Å². The summed E-state index contributed by atoms with van der Waals surface area (Å²) in [5, 5.41) is 1.02. The lowest BCUT2D eigenvalue weighted by Crippen LogP contribution is -2.50. The van der Waals surface area contributed by atoms with E-state index in [4.69, 9.17) is 0 Å². The number of piperazine rings is 1. The maximum absolute atomic E-state index is 12.5. The number of aryl methyl sites for hydroxylation is 1. The van der Waals surface area contributed by atoms with Crippen LogP contribution in [0.5, 0.6) is 0 Å². The molecule has 2 heterocycles. The van der Waals surface area contributed by atoms with E-state index in [-0.39, 0.29) is 11.8 Å². The fourth-order valence-corrected chi connectivity index (χ4v) is 4.14. The maximum Gasteiger partial charge on any atom is 0.223 e. The first kappa shape index (κ1) is 18.8. The number of thiazole rings is 1. The van der Waals surface area contributed by atoms with Gasteiger partial charge in [0.2, 0.25) is 11.8 Å². The van der Waals surface area contributed by atoms with Crippen LogP contribution in [0.25, 0.3) is 10.2 Å². The highest BCUT2D eigenvalue weighted by molar-refractivity contribution is 7.18. The number of hydrogen-bond acceptors (Lipinski definition) is 4. The van der Waals surface area contributed by atoms with E-state index in [9.17, 15) is 9.59 Å². The molecule has 26 heavy (non-hydrogen) atoms. The molecule has 0 spiro atoms. The van der Waals surface area contributed by atoms with E-state index in [0.29, 0.717) is 51.4 Å². The summed E-state index contributed by atoms with van der Waals surface area (Å²) in [5.41, 5.74) is 1.01. The van der Waals surface area contributed by atoms with Gasteiger partial charge in [0.05, 0.1) is 15.2 Å². The zero-order chi connectivity index (χ0) is 18.5. The number of para-hydroxylation sites is 1. The van der Waals surface area contributed by atoms with Crippen molar-refractivity contribution in [3.05, 3.63) is 29.3 Å². The number of rotatable bonds is 6. The Balaban J connectivity index is 1.44. The van der Waals surface area contributed by atoms with Gasteiger partial charge in [-0.1, -0.05) is 26.0 Å². The van der Waals surface area contributed by atoms with Gasteiger partial charge in [0.15, 0.2) is 0 Å². The van der Waals surface area contributed by atoms with Gasteiger partial charge in [-0.25, -0.2) is 4.98 Å². The Morgan fingerprint density at radius 3 is 2.27 bits per heavy atom. The molecular weight excluding hydrogens is 346 g/mol. The van der Waals surface area contributed by atoms with Crippen molar-refractivity contribution >= 4 is 33.4 Å². The highest BCUT2D eigenvalue weighted by atomic mass is 32.1. The topological polar surface area (TPSA) is 53.5 Å². The minimum Gasteiger partial charge on any atom is -0.339 e. The Kier molecular flexibility index (Phi) is 6.25. The number of amides is 2. The summed E-state index contributed by atoms with van der Waals surface area (Å²) in [5.74, 6) is 0.933. The third kappa shape index (κ3) is 4.81. The first-order chi connectivity index (χ1) is 12.5. The van der Waals surface area contributed by atoms with Gasteiger partial charge in [0.25, 0.3) is 0 Å². The fourth-order valence-electron chi connectivity index (χ4n) is 3.17. The van der Waals surface area contributed by atoms with Gasteiger partial charge in [-0.3, -0.25) is 9.59 Å². The van der Waals surface area contributed by atoms with Crippen molar-refractivity contribution < 1.29 is 9.59 Å². The van der Waals surface area contributed by atoms with E-state index in [0.717, 1.165) is 16.9 Å². The molecule has 140 valence electrons. The van der Waals surface area contributed by atoms with Crippen molar-refractivity contribution in [3.63, 3.8) is 0 Å². The van der Waals surface area contributed by atoms with E-state index in [1.807, 2.05) is 28.0 Å². The minimum absolute atomic E-state index is 0.165. The molecule has 1 saturated heterocycles. The van der Waals surface area contributed by atoms with E-state index in [2.05, 4.69) is 24.9 Å². The predicted molar refractivity (Wildman–Crippen MR) is 105 cm³/mol. The quantitative estimate of drug-likeness (QED) is 0.780. The summed E-state index contributed by atoms with van der Waals surface area (Å²) in [6, 6.07) is 8.07. The van der Waals surface area contributed by atoms with E-state index < -0.39 is 0 Å². The fraction of sp³-hybridized carbons (Fsp3) is 0.550. The monoisotopic (exact) mass is 373 g/mol. The van der Waals surface area contributed by atoms with Crippen LogP contribution in [0.4, 0.5) is 0 Å². The van der Waals surface area contributed by atoms with Crippen LogP contribution < -0.4 is 0 Å². The van der Waals surface area contributed by atoms with Crippen molar-refractivity contribution in [3.8, 4) is 0 Å². The Hall–Kier alpha value is -1.95. The Bertz CT molecular complexity index is 730. The van der Waals surface area contributed by atoms with Crippen molar-refractivity contribution in [2.24, 2.45) is 5.92 Å². The molecule has 1 aliphatic rings. The minimum atomic E-state index is 0.165. The Morgan fingerprint density at radius 2 is 1.65 bits per heavy atom. The molecule has 1 aliphatic heterocycles. The third-order valence-electron chi connectivity index (χ3n) is 4.81. The van der Waals surface area contributed by atoms with E-state index in [1.54, 1.807) is 11.3 Å². The smallest absolute Gasteiger partial charge is 0.223 e. The van der Waals surface area contributed by atoms with Gasteiger partial charge in [-0.15, -0.1) is 11.3 Å². The molecule has 0 saturated carbocycles. The lowest BCUT2D eigenvalue weighted by molar-refractivity contribution is -0.139. The molecule has 5 nitrogen and oxygen atoms in total. The summed E-state index contributed by atoms with van der Waals surface area (Å²) in [6.07, 6.45) is 2.72. The normalized spacial score (nSPS) is 15.0. The van der Waals surface area contributed by atoms with Gasteiger partial charge in [-0.2, -0.15) is 0 Å². The molecule has 0 unspecified atom stereocenters. The first-order valence-electron chi connectivity index (χ1n) is 9.43. The zero-order valence-corrected chi connectivity index (χ0v) is 16.4. The molecule has 1 fully saturated rings. The standard InChI is InChI=1S/C20H27N3O2S/c1-15(2)7-9-19(24)22-11-13-23(14-12-22)20(25)10-8-18-21-16-5-3-4-6-17(16)26-18/h3-6,15H,7-14H2,1-2H3. The summed E-state index contributed by atoms with van der Waals surface area (Å²) < 4.78 is 1.17. The number of carbonyl (C=O) groups excluding carboxylic acids is 2. The molecule has 1 aromatic heterocycles. The average molecular weight is 374 g/mol. The number of carbonyl (C=O) groups is 2. The van der Waals surface area contributed by atoms with Gasteiger partial charge >= 0.3 is 0 Å². The van der Waals surface area contributed by atoms with Gasteiger partial charge < -0.3 is 9.80 Å². The molecule has 2 aromatic rings. The van der Waals surface area contributed by atoms with Crippen LogP contribution in [0, 0.1) is 5.92 Å².